The van der Waals surface area contributed by atoms with E-state index in [0.717, 1.165) is 29.2 Å². The maximum atomic E-state index is 11.8. The molecule has 0 aliphatic heterocycles. The molecule has 0 aliphatic rings. The summed E-state index contributed by atoms with van der Waals surface area (Å²) in [5.74, 6) is 3.01. The predicted octanol–water partition coefficient (Wildman–Crippen LogP) is 3.17. The molecule has 0 unspecified atom stereocenters. The first-order valence-corrected chi connectivity index (χ1v) is 9.09. The quantitative estimate of drug-likeness (QED) is 0.672. The predicted molar refractivity (Wildman–Crippen MR) is 99.0 cm³/mol. The van der Waals surface area contributed by atoms with E-state index >= 15 is 0 Å². The summed E-state index contributed by atoms with van der Waals surface area (Å²) < 4.78 is 10.9. The first-order chi connectivity index (χ1) is 11.8. The second-order valence-electron chi connectivity index (χ2n) is 5.13. The summed E-state index contributed by atoms with van der Waals surface area (Å²) in [6.45, 7) is 1.21. The number of hydrogen-bond acceptors (Lipinski definition) is 4. The summed E-state index contributed by atoms with van der Waals surface area (Å²) in [5, 5.41) is 2.93. The number of para-hydroxylation sites is 2. The maximum Gasteiger partial charge on any atom is 0.230 e. The highest BCUT2D eigenvalue weighted by Crippen LogP contribution is 2.17. The zero-order valence-electron chi connectivity index (χ0n) is 13.9. The largest absolute Gasteiger partial charge is 0.496 e. The molecule has 0 saturated carbocycles. The molecule has 2 aromatic rings. The van der Waals surface area contributed by atoms with Crippen LogP contribution in [-0.4, -0.2) is 37.7 Å². The average molecular weight is 345 g/mol. The Morgan fingerprint density at radius 1 is 1.08 bits per heavy atom. The molecule has 0 bridgehead atoms. The van der Waals surface area contributed by atoms with Crippen LogP contribution in [0.2, 0.25) is 0 Å². The van der Waals surface area contributed by atoms with Crippen LogP contribution in [0, 0.1) is 0 Å². The van der Waals surface area contributed by atoms with E-state index in [4.69, 9.17) is 9.47 Å². The minimum Gasteiger partial charge on any atom is -0.496 e. The van der Waals surface area contributed by atoms with Crippen LogP contribution in [0.3, 0.4) is 0 Å². The minimum atomic E-state index is 0.0506. The third-order valence-corrected chi connectivity index (χ3v) is 4.30. The van der Waals surface area contributed by atoms with E-state index in [9.17, 15) is 4.79 Å². The zero-order chi connectivity index (χ0) is 17.0. The second-order valence-corrected chi connectivity index (χ2v) is 6.23. The summed E-state index contributed by atoms with van der Waals surface area (Å²) in [7, 11) is 1.66. The molecule has 0 saturated heterocycles. The lowest BCUT2D eigenvalue weighted by molar-refractivity contribution is -0.118. The van der Waals surface area contributed by atoms with Gasteiger partial charge in [0, 0.05) is 12.3 Å². The smallest absolute Gasteiger partial charge is 0.230 e. The Morgan fingerprint density at radius 2 is 1.83 bits per heavy atom. The van der Waals surface area contributed by atoms with Crippen molar-refractivity contribution in [2.75, 3.05) is 31.8 Å². The topological polar surface area (TPSA) is 47.6 Å². The van der Waals surface area contributed by atoms with E-state index in [1.165, 1.54) is 0 Å². The van der Waals surface area contributed by atoms with Gasteiger partial charge in [-0.05, 0) is 30.2 Å². The Balaban J connectivity index is 1.55. The van der Waals surface area contributed by atoms with Gasteiger partial charge < -0.3 is 14.8 Å². The van der Waals surface area contributed by atoms with Crippen LogP contribution in [0.1, 0.15) is 5.56 Å². The average Bonchev–Trinajstić information content (AvgIpc) is 2.63. The van der Waals surface area contributed by atoms with Gasteiger partial charge in [-0.25, -0.2) is 0 Å². The lowest BCUT2D eigenvalue weighted by Gasteiger charge is -2.09. The Hall–Kier alpha value is -2.14. The molecule has 1 amide bonds. The first kappa shape index (κ1) is 18.2. The fraction of sp³-hybridized carbons (Fsp3) is 0.316. The van der Waals surface area contributed by atoms with Gasteiger partial charge in [-0.3, -0.25) is 4.79 Å². The van der Waals surface area contributed by atoms with Crippen molar-refractivity contribution in [2.24, 2.45) is 0 Å². The molecule has 2 rings (SSSR count). The van der Waals surface area contributed by atoms with Crippen molar-refractivity contribution in [3.8, 4) is 11.5 Å². The molecule has 4 nitrogen and oxygen atoms in total. The monoisotopic (exact) mass is 345 g/mol. The minimum absolute atomic E-state index is 0.0506. The standard InChI is InChI=1S/C19H23NO3S/c1-22-18-10-6-5-7-16(18)11-12-20-19(21)15-24-14-13-23-17-8-3-2-4-9-17/h2-10H,11-15H2,1H3,(H,20,21). The molecule has 24 heavy (non-hydrogen) atoms. The molecule has 0 heterocycles. The van der Waals surface area contributed by atoms with Gasteiger partial charge in [-0.2, -0.15) is 0 Å². The molecule has 5 heteroatoms. The molecule has 0 aliphatic carbocycles. The van der Waals surface area contributed by atoms with Crippen molar-refractivity contribution in [1.29, 1.82) is 0 Å². The van der Waals surface area contributed by atoms with E-state index in [1.54, 1.807) is 18.9 Å². The molecule has 0 atom stereocenters. The number of benzene rings is 2. The number of ether oxygens (including phenoxy) is 2. The highest BCUT2D eigenvalue weighted by Gasteiger charge is 2.04. The van der Waals surface area contributed by atoms with Gasteiger partial charge in [-0.1, -0.05) is 36.4 Å². The Morgan fingerprint density at radius 3 is 2.62 bits per heavy atom. The fourth-order valence-corrected chi connectivity index (χ4v) is 2.83. The number of rotatable bonds is 10. The van der Waals surface area contributed by atoms with Gasteiger partial charge in [0.05, 0.1) is 19.5 Å². The van der Waals surface area contributed by atoms with Crippen molar-refractivity contribution in [1.82, 2.24) is 5.32 Å². The second kappa shape index (κ2) is 10.6. The van der Waals surface area contributed by atoms with Crippen LogP contribution < -0.4 is 14.8 Å². The first-order valence-electron chi connectivity index (χ1n) is 7.94. The highest BCUT2D eigenvalue weighted by atomic mass is 32.2. The molecule has 128 valence electrons. The third-order valence-electron chi connectivity index (χ3n) is 3.38. The van der Waals surface area contributed by atoms with Crippen molar-refractivity contribution >= 4 is 17.7 Å². The molecule has 1 N–H and O–H groups in total. The zero-order valence-corrected chi connectivity index (χ0v) is 14.7. The maximum absolute atomic E-state index is 11.8. The molecule has 0 radical (unpaired) electrons. The number of carbonyl (C=O) groups is 1. The Labute approximate surface area is 147 Å². The lowest BCUT2D eigenvalue weighted by atomic mass is 10.1. The molecule has 0 fully saturated rings. The van der Waals surface area contributed by atoms with Crippen LogP contribution in [0.4, 0.5) is 0 Å². The van der Waals surface area contributed by atoms with Gasteiger partial charge in [0.1, 0.15) is 11.5 Å². The van der Waals surface area contributed by atoms with Gasteiger partial charge in [-0.15, -0.1) is 11.8 Å². The van der Waals surface area contributed by atoms with E-state index in [2.05, 4.69) is 5.32 Å². The van der Waals surface area contributed by atoms with E-state index in [0.29, 0.717) is 18.9 Å². The highest BCUT2D eigenvalue weighted by molar-refractivity contribution is 7.99. The number of amides is 1. The van der Waals surface area contributed by atoms with Crippen molar-refractivity contribution < 1.29 is 14.3 Å². The number of carbonyl (C=O) groups excluding carboxylic acids is 1. The Bertz CT molecular complexity index is 619. The van der Waals surface area contributed by atoms with E-state index in [-0.39, 0.29) is 5.91 Å². The molecule has 0 spiro atoms. The lowest BCUT2D eigenvalue weighted by Crippen LogP contribution is -2.27. The molecule has 2 aromatic carbocycles. The van der Waals surface area contributed by atoms with Crippen molar-refractivity contribution in [2.45, 2.75) is 6.42 Å². The van der Waals surface area contributed by atoms with Crippen LogP contribution in [0.25, 0.3) is 0 Å². The SMILES string of the molecule is COc1ccccc1CCNC(=O)CSCCOc1ccccc1. The summed E-state index contributed by atoms with van der Waals surface area (Å²) in [6, 6.07) is 17.6. The van der Waals surface area contributed by atoms with Crippen LogP contribution in [-0.2, 0) is 11.2 Å². The summed E-state index contributed by atoms with van der Waals surface area (Å²) >= 11 is 1.57. The van der Waals surface area contributed by atoms with Gasteiger partial charge in [0.15, 0.2) is 0 Å². The van der Waals surface area contributed by atoms with Gasteiger partial charge in [0.2, 0.25) is 5.91 Å². The van der Waals surface area contributed by atoms with Crippen LogP contribution in [0.15, 0.2) is 54.6 Å². The summed E-state index contributed by atoms with van der Waals surface area (Å²) in [5.41, 5.74) is 1.10. The third kappa shape index (κ3) is 6.54. The number of hydrogen-bond donors (Lipinski definition) is 1. The van der Waals surface area contributed by atoms with E-state index in [1.807, 2.05) is 54.6 Å². The van der Waals surface area contributed by atoms with Gasteiger partial charge >= 0.3 is 0 Å². The number of thioether (sulfide) groups is 1. The summed E-state index contributed by atoms with van der Waals surface area (Å²) in [4.78, 5) is 11.8. The van der Waals surface area contributed by atoms with E-state index < -0.39 is 0 Å². The molecular formula is C19H23NO3S. The van der Waals surface area contributed by atoms with Gasteiger partial charge in [0.25, 0.3) is 0 Å². The normalized spacial score (nSPS) is 10.2. The number of nitrogens with one attached hydrogen (secondary N) is 1. The fourth-order valence-electron chi connectivity index (χ4n) is 2.20. The summed E-state index contributed by atoms with van der Waals surface area (Å²) in [6.07, 6.45) is 0.761. The van der Waals surface area contributed by atoms with Crippen LogP contribution >= 0.6 is 11.8 Å². The Kier molecular flexibility index (Phi) is 8.04. The number of methoxy groups -OCH3 is 1. The van der Waals surface area contributed by atoms with Crippen molar-refractivity contribution in [3.05, 3.63) is 60.2 Å². The van der Waals surface area contributed by atoms with Crippen molar-refractivity contribution in [3.63, 3.8) is 0 Å². The molecular weight excluding hydrogens is 322 g/mol. The molecule has 0 aromatic heterocycles. The van der Waals surface area contributed by atoms with Crippen LogP contribution in [0.5, 0.6) is 11.5 Å².